The number of fused-ring (bicyclic) bond motifs is 14. The van der Waals surface area contributed by atoms with Crippen LogP contribution >= 0.6 is 0 Å². The molecule has 2 aromatic rings. The molecular formula is C41H54N2O14. The third-order valence-electron chi connectivity index (χ3n) is 10.7. The molecule has 16 nitrogen and oxygen atoms in total. The largest absolute Gasteiger partial charge is 0.507 e. The molecule has 312 valence electrons. The summed E-state index contributed by atoms with van der Waals surface area (Å²) in [5.74, 6) is -8.75. The minimum Gasteiger partial charge on any atom is -0.507 e. The zero-order chi connectivity index (χ0) is 42.5. The Balaban J connectivity index is 1.96. The molecule has 0 fully saturated rings. The number of carbonyl (C=O) groups excluding carboxylic acids is 3. The number of carbonyl (C=O) groups is 3. The standard InChI is InChI=1S/C41H54N2O14/c1-19-12-11-13-20(2)40(51)43-31-26(18-42-55-17-16-52-9)35(48)28-29(36(31)49)34(47)24(6)38-30(28)39(50)41(8,57-38)54-15-14-27(53-10)21(3)37(56-25(7)44)23(5)33(46)22(4)32(19)45/h11-15,18-19,21-23,27,32-33,37,45-49H,16-17H2,1-10H3,(H,43,51)/b12-11-,15-14-,20-13-,42-18+/t19-,21+,22+,23+,27-,32-,33+,37+,41-/m0/s1. The molecule has 0 radical (unpaired) electrons. The van der Waals surface area contributed by atoms with Gasteiger partial charge in [0.15, 0.2) is 5.75 Å². The third-order valence-corrected chi connectivity index (χ3v) is 10.7. The fourth-order valence-electron chi connectivity index (χ4n) is 7.14. The lowest BCUT2D eigenvalue weighted by Gasteiger charge is -2.38. The van der Waals surface area contributed by atoms with Gasteiger partial charge < -0.3 is 59.4 Å². The van der Waals surface area contributed by atoms with E-state index in [0.29, 0.717) is 0 Å². The highest BCUT2D eigenvalue weighted by molar-refractivity contribution is 6.23. The SMILES string of the molecule is COCCO/N=C/c1c2c(O)c3c(O)c(C)c4c(c3c1O)C(=O)[C@@](C)(O/C=C\[C@H](OC)[C@@H](C)[C@@H](OC(C)=O)[C@H](C)[C@H](O)[C@H](C)[C@@H](O)[C@@H](C)/C=C\C=C(\C)C(=O)N2)O4. The summed E-state index contributed by atoms with van der Waals surface area (Å²) in [4.78, 5) is 45.4. The van der Waals surface area contributed by atoms with E-state index in [-0.39, 0.29) is 57.7 Å². The highest BCUT2D eigenvalue weighted by Crippen LogP contribution is 2.55. The molecule has 0 spiro atoms. The van der Waals surface area contributed by atoms with Gasteiger partial charge >= 0.3 is 11.8 Å². The lowest BCUT2D eigenvalue weighted by Crippen LogP contribution is -2.46. The molecule has 0 aromatic heterocycles. The number of nitrogens with zero attached hydrogens (tertiary/aromatic N) is 1. The third kappa shape index (κ3) is 9.04. The molecule has 3 heterocycles. The van der Waals surface area contributed by atoms with Crippen LogP contribution in [0.4, 0.5) is 5.69 Å². The number of phenolic OH excluding ortho intramolecular Hbond substituents is 3. The van der Waals surface area contributed by atoms with Crippen LogP contribution in [0.2, 0.25) is 0 Å². The van der Waals surface area contributed by atoms with Crippen molar-refractivity contribution in [2.45, 2.75) is 85.6 Å². The number of esters is 1. The van der Waals surface area contributed by atoms with Gasteiger partial charge in [0.2, 0.25) is 0 Å². The Bertz CT molecular complexity index is 1970. The zero-order valence-corrected chi connectivity index (χ0v) is 33.9. The number of aromatic hydroxyl groups is 3. The molecule has 2 aromatic carbocycles. The lowest BCUT2D eigenvalue weighted by atomic mass is 9.78. The monoisotopic (exact) mass is 798 g/mol. The summed E-state index contributed by atoms with van der Waals surface area (Å²) in [6.45, 7) is 12.6. The van der Waals surface area contributed by atoms with E-state index in [0.717, 1.165) is 6.21 Å². The van der Waals surface area contributed by atoms with E-state index in [1.54, 1.807) is 39.8 Å². The van der Waals surface area contributed by atoms with Crippen LogP contribution in [-0.2, 0) is 33.4 Å². The fourth-order valence-corrected chi connectivity index (χ4v) is 7.14. The molecule has 16 heteroatoms. The molecule has 1 amide bonds. The minimum absolute atomic E-state index is 0.0190. The first kappa shape index (κ1) is 44.6. The van der Waals surface area contributed by atoms with Crippen LogP contribution in [-0.4, -0.2) is 107 Å². The van der Waals surface area contributed by atoms with Gasteiger partial charge in [-0.1, -0.05) is 51.1 Å². The van der Waals surface area contributed by atoms with Crippen LogP contribution in [0.1, 0.15) is 70.0 Å². The average molecular weight is 799 g/mol. The van der Waals surface area contributed by atoms with Crippen molar-refractivity contribution in [3.8, 4) is 23.0 Å². The number of oxime groups is 1. The van der Waals surface area contributed by atoms with Gasteiger partial charge in [0.05, 0.1) is 59.6 Å². The molecule has 9 atom stereocenters. The van der Waals surface area contributed by atoms with Gasteiger partial charge in [-0.3, -0.25) is 14.4 Å². The number of anilines is 1. The summed E-state index contributed by atoms with van der Waals surface area (Å²) >= 11 is 0. The number of Topliss-reactive ketones (excluding diaryl/α,β-unsaturated/α-hetero) is 1. The normalized spacial score (nSPS) is 30.7. The molecule has 0 saturated carbocycles. The van der Waals surface area contributed by atoms with E-state index in [1.807, 2.05) is 0 Å². The molecule has 57 heavy (non-hydrogen) atoms. The number of nitrogens with one attached hydrogen (secondary N) is 1. The van der Waals surface area contributed by atoms with E-state index in [9.17, 15) is 39.9 Å². The Morgan fingerprint density at radius 1 is 0.947 bits per heavy atom. The van der Waals surface area contributed by atoms with Crippen molar-refractivity contribution in [3.63, 3.8) is 0 Å². The van der Waals surface area contributed by atoms with Crippen LogP contribution in [0.25, 0.3) is 10.8 Å². The summed E-state index contributed by atoms with van der Waals surface area (Å²) < 4.78 is 28.4. The molecule has 5 bridgehead atoms. The molecule has 0 aliphatic carbocycles. The number of hydrogen-bond donors (Lipinski definition) is 6. The van der Waals surface area contributed by atoms with Crippen molar-refractivity contribution in [1.82, 2.24) is 0 Å². The van der Waals surface area contributed by atoms with Crippen LogP contribution < -0.4 is 10.1 Å². The summed E-state index contributed by atoms with van der Waals surface area (Å²) in [6, 6.07) is 0. The second kappa shape index (κ2) is 18.4. The summed E-state index contributed by atoms with van der Waals surface area (Å²) in [5, 5.41) is 63.6. The van der Waals surface area contributed by atoms with Crippen molar-refractivity contribution in [2.75, 3.05) is 32.8 Å². The van der Waals surface area contributed by atoms with E-state index in [4.69, 9.17) is 28.5 Å². The van der Waals surface area contributed by atoms with E-state index >= 15 is 0 Å². The number of benzene rings is 2. The van der Waals surface area contributed by atoms with Gasteiger partial charge in [0.1, 0.15) is 30.0 Å². The molecule has 0 unspecified atom stereocenters. The van der Waals surface area contributed by atoms with Gasteiger partial charge in [-0.15, -0.1) is 0 Å². The van der Waals surface area contributed by atoms with Crippen LogP contribution in [0, 0.1) is 30.6 Å². The lowest BCUT2D eigenvalue weighted by molar-refractivity contribution is -0.160. The molecule has 3 aliphatic heterocycles. The van der Waals surface area contributed by atoms with Gasteiger partial charge in [-0.25, -0.2) is 0 Å². The Labute approximate surface area is 331 Å². The van der Waals surface area contributed by atoms with Crippen LogP contribution in [0.3, 0.4) is 0 Å². The second-order valence-corrected chi connectivity index (χ2v) is 14.7. The highest BCUT2D eigenvalue weighted by Gasteiger charge is 2.50. The minimum atomic E-state index is -2.07. The first-order chi connectivity index (χ1) is 26.8. The van der Waals surface area contributed by atoms with Crippen molar-refractivity contribution >= 4 is 40.3 Å². The van der Waals surface area contributed by atoms with Crippen LogP contribution in [0.15, 0.2) is 41.3 Å². The summed E-state index contributed by atoms with van der Waals surface area (Å²) in [6.07, 6.45) is 4.41. The number of ketones is 1. The maximum atomic E-state index is 14.3. The molecule has 6 N–H and O–H groups in total. The Morgan fingerprint density at radius 3 is 2.26 bits per heavy atom. The maximum Gasteiger partial charge on any atom is 0.312 e. The number of methoxy groups -OCH3 is 2. The molecule has 0 saturated heterocycles. The first-order valence-electron chi connectivity index (χ1n) is 18.5. The van der Waals surface area contributed by atoms with Gasteiger partial charge in [0.25, 0.3) is 11.7 Å². The van der Waals surface area contributed by atoms with Crippen molar-refractivity contribution < 1.29 is 68.4 Å². The zero-order valence-electron chi connectivity index (χ0n) is 33.9. The predicted octanol–water partition coefficient (Wildman–Crippen LogP) is 4.75. The number of hydrogen-bond acceptors (Lipinski definition) is 15. The van der Waals surface area contributed by atoms with E-state index in [2.05, 4.69) is 10.5 Å². The quantitative estimate of drug-likeness (QED) is 0.0555. The smallest absolute Gasteiger partial charge is 0.312 e. The van der Waals surface area contributed by atoms with Crippen molar-refractivity contribution in [3.05, 3.63) is 52.8 Å². The molecular weight excluding hydrogens is 744 g/mol. The number of amides is 1. The number of ether oxygens (including phenoxy) is 5. The van der Waals surface area contributed by atoms with Gasteiger partial charge in [-0.2, -0.15) is 0 Å². The summed E-state index contributed by atoms with van der Waals surface area (Å²) in [5.41, 5.74) is -0.699. The number of rotatable bonds is 7. The van der Waals surface area contributed by atoms with Crippen molar-refractivity contribution in [1.29, 1.82) is 0 Å². The van der Waals surface area contributed by atoms with Crippen LogP contribution in [0.5, 0.6) is 23.0 Å². The summed E-state index contributed by atoms with van der Waals surface area (Å²) in [7, 11) is 2.88. The fraction of sp³-hybridized carbons (Fsp3) is 0.512. The average Bonchev–Trinajstić information content (AvgIpc) is 3.43. The number of aliphatic hydroxyl groups excluding tert-OH is 2. The topological polar surface area (TPSA) is 232 Å². The van der Waals surface area contributed by atoms with E-state index in [1.165, 1.54) is 60.3 Å². The second-order valence-electron chi connectivity index (χ2n) is 14.7. The van der Waals surface area contributed by atoms with Gasteiger partial charge in [0, 0.05) is 68.3 Å². The number of phenols is 3. The van der Waals surface area contributed by atoms with E-state index < -0.39 is 88.8 Å². The Kier molecular flexibility index (Phi) is 14.4. The number of aliphatic hydroxyl groups is 2. The Hall–Kier alpha value is -5.16. The Morgan fingerprint density at radius 2 is 1.63 bits per heavy atom. The first-order valence-corrected chi connectivity index (χ1v) is 18.5. The number of allylic oxidation sites excluding steroid dienone is 2. The highest BCUT2D eigenvalue weighted by atomic mass is 16.7. The predicted molar refractivity (Wildman–Crippen MR) is 209 cm³/mol. The maximum absolute atomic E-state index is 14.3. The molecule has 5 rings (SSSR count). The van der Waals surface area contributed by atoms with Gasteiger partial charge in [-0.05, 0) is 19.9 Å². The molecule has 3 aliphatic rings. The van der Waals surface area contributed by atoms with Crippen molar-refractivity contribution in [2.24, 2.45) is 28.8 Å².